The zero-order valence-corrected chi connectivity index (χ0v) is 11.5. The maximum absolute atomic E-state index is 11.4. The third-order valence-corrected chi connectivity index (χ3v) is 2.21. The Kier molecular flexibility index (Phi) is 5.74. The number of hydrogen-bond donors (Lipinski definition) is 3. The van der Waals surface area contributed by atoms with Crippen LogP contribution in [-0.2, 0) is 9.53 Å². The summed E-state index contributed by atoms with van der Waals surface area (Å²) in [6.07, 6.45) is 0. The summed E-state index contributed by atoms with van der Waals surface area (Å²) in [5.41, 5.74) is 6.02. The molecule has 7 heteroatoms. The first-order valence-electron chi connectivity index (χ1n) is 5.63. The van der Waals surface area contributed by atoms with Gasteiger partial charge in [-0.1, -0.05) is 0 Å². The first-order valence-corrected chi connectivity index (χ1v) is 6.04. The Labute approximate surface area is 116 Å². The Morgan fingerprint density at radius 2 is 1.84 bits per heavy atom. The van der Waals surface area contributed by atoms with Crippen molar-refractivity contribution in [2.45, 2.75) is 13.8 Å². The third kappa shape index (κ3) is 5.35. The second-order valence-electron chi connectivity index (χ2n) is 3.56. The van der Waals surface area contributed by atoms with Crippen LogP contribution in [-0.4, -0.2) is 23.6 Å². The average molecular weight is 281 g/mol. The van der Waals surface area contributed by atoms with Gasteiger partial charge in [0.05, 0.1) is 12.2 Å². The quantitative estimate of drug-likeness (QED) is 0.439. The summed E-state index contributed by atoms with van der Waals surface area (Å²) in [5, 5.41) is 3.10. The summed E-state index contributed by atoms with van der Waals surface area (Å²) in [6.45, 7) is 3.45. The van der Waals surface area contributed by atoms with Gasteiger partial charge in [0.1, 0.15) is 0 Å². The number of carbonyl (C=O) groups excluding carboxylic acids is 2. The summed E-state index contributed by atoms with van der Waals surface area (Å²) in [7, 11) is 0. The average Bonchev–Trinajstić information content (AvgIpc) is 2.37. The fourth-order valence-electron chi connectivity index (χ4n) is 1.21. The van der Waals surface area contributed by atoms with Gasteiger partial charge < -0.3 is 10.1 Å². The van der Waals surface area contributed by atoms with Gasteiger partial charge in [-0.3, -0.25) is 15.6 Å². The zero-order valence-electron chi connectivity index (χ0n) is 10.6. The molecular formula is C12H15N3O3S. The predicted molar refractivity (Wildman–Crippen MR) is 75.6 cm³/mol. The minimum absolute atomic E-state index is 0.248. The maximum Gasteiger partial charge on any atom is 0.338 e. The number of hydrogen-bond acceptors (Lipinski definition) is 4. The molecule has 0 saturated carbocycles. The fourth-order valence-corrected chi connectivity index (χ4v) is 1.38. The van der Waals surface area contributed by atoms with E-state index in [1.807, 2.05) is 0 Å². The number of hydrazine groups is 1. The SMILES string of the molecule is CCOC(=O)c1ccc(NC(=S)NNC(C)=O)cc1. The molecule has 6 nitrogen and oxygen atoms in total. The van der Waals surface area contributed by atoms with Gasteiger partial charge in [0.15, 0.2) is 5.11 Å². The fraction of sp³-hybridized carbons (Fsp3) is 0.250. The number of carbonyl (C=O) groups is 2. The van der Waals surface area contributed by atoms with Crippen molar-refractivity contribution in [3.05, 3.63) is 29.8 Å². The largest absolute Gasteiger partial charge is 0.462 e. The van der Waals surface area contributed by atoms with E-state index in [1.54, 1.807) is 31.2 Å². The monoisotopic (exact) mass is 281 g/mol. The summed E-state index contributed by atoms with van der Waals surface area (Å²) in [6, 6.07) is 6.63. The molecule has 102 valence electrons. The van der Waals surface area contributed by atoms with E-state index < -0.39 is 0 Å². The maximum atomic E-state index is 11.4. The summed E-state index contributed by atoms with van der Waals surface area (Å²) >= 11 is 4.95. The minimum Gasteiger partial charge on any atom is -0.462 e. The van der Waals surface area contributed by atoms with Gasteiger partial charge in [-0.15, -0.1) is 0 Å². The van der Waals surface area contributed by atoms with E-state index in [1.165, 1.54) is 6.92 Å². The molecule has 0 spiro atoms. The van der Waals surface area contributed by atoms with Crippen molar-refractivity contribution in [1.29, 1.82) is 0 Å². The Hall–Kier alpha value is -2.15. The first kappa shape index (κ1) is 14.9. The number of benzene rings is 1. The van der Waals surface area contributed by atoms with Crippen LogP contribution in [0.15, 0.2) is 24.3 Å². The molecule has 0 unspecified atom stereocenters. The van der Waals surface area contributed by atoms with Gasteiger partial charge in [0, 0.05) is 12.6 Å². The van der Waals surface area contributed by atoms with Crippen molar-refractivity contribution >= 4 is 34.9 Å². The highest BCUT2D eigenvalue weighted by Crippen LogP contribution is 2.10. The molecule has 1 aromatic carbocycles. The summed E-state index contributed by atoms with van der Waals surface area (Å²) < 4.78 is 4.87. The normalized spacial score (nSPS) is 9.37. The van der Waals surface area contributed by atoms with Crippen LogP contribution in [0.2, 0.25) is 0 Å². The van der Waals surface area contributed by atoms with Gasteiger partial charge in [-0.25, -0.2) is 4.79 Å². The Bertz CT molecular complexity index is 474. The van der Waals surface area contributed by atoms with Crippen LogP contribution >= 0.6 is 12.2 Å². The number of anilines is 1. The molecule has 1 rings (SSSR count). The molecule has 0 aromatic heterocycles. The van der Waals surface area contributed by atoms with E-state index in [4.69, 9.17) is 17.0 Å². The molecule has 3 N–H and O–H groups in total. The number of rotatable bonds is 3. The molecule has 0 aliphatic carbocycles. The number of esters is 1. The standard InChI is InChI=1S/C12H15N3O3S/c1-3-18-11(17)9-4-6-10(7-5-9)13-12(19)15-14-8(2)16/h4-7H,3H2,1-2H3,(H,14,16)(H2,13,15,19). The molecule has 0 atom stereocenters. The van der Waals surface area contributed by atoms with Crippen LogP contribution in [0.4, 0.5) is 5.69 Å². The van der Waals surface area contributed by atoms with Gasteiger partial charge in [-0.05, 0) is 43.4 Å². The van der Waals surface area contributed by atoms with Crippen molar-refractivity contribution in [3.63, 3.8) is 0 Å². The van der Waals surface area contributed by atoms with Crippen LogP contribution < -0.4 is 16.2 Å². The molecular weight excluding hydrogens is 266 g/mol. The van der Waals surface area contributed by atoms with Gasteiger partial charge in [-0.2, -0.15) is 0 Å². The number of thiocarbonyl (C=S) groups is 1. The first-order chi connectivity index (χ1) is 9.02. The molecule has 0 saturated heterocycles. The van der Waals surface area contributed by atoms with Crippen molar-refractivity contribution in [2.24, 2.45) is 0 Å². The zero-order chi connectivity index (χ0) is 14.3. The highest BCUT2D eigenvalue weighted by molar-refractivity contribution is 7.80. The lowest BCUT2D eigenvalue weighted by Crippen LogP contribution is -2.42. The van der Waals surface area contributed by atoms with Crippen LogP contribution in [0, 0.1) is 0 Å². The predicted octanol–water partition coefficient (Wildman–Crippen LogP) is 1.20. The van der Waals surface area contributed by atoms with Gasteiger partial charge >= 0.3 is 5.97 Å². The molecule has 1 amide bonds. The number of ether oxygens (including phenoxy) is 1. The number of amides is 1. The minimum atomic E-state index is -0.368. The smallest absolute Gasteiger partial charge is 0.338 e. The van der Waals surface area contributed by atoms with E-state index in [0.29, 0.717) is 17.9 Å². The molecule has 0 heterocycles. The Balaban J connectivity index is 2.54. The van der Waals surface area contributed by atoms with Gasteiger partial charge in [0.2, 0.25) is 5.91 Å². The lowest BCUT2D eigenvalue weighted by Gasteiger charge is -2.10. The van der Waals surface area contributed by atoms with Gasteiger partial charge in [0.25, 0.3) is 0 Å². The summed E-state index contributed by atoms with van der Waals surface area (Å²) in [4.78, 5) is 22.1. The molecule has 0 aliphatic heterocycles. The Morgan fingerprint density at radius 3 is 2.37 bits per heavy atom. The van der Waals surface area contributed by atoms with Crippen molar-refractivity contribution in [1.82, 2.24) is 10.9 Å². The van der Waals surface area contributed by atoms with Crippen molar-refractivity contribution in [3.8, 4) is 0 Å². The van der Waals surface area contributed by atoms with E-state index in [9.17, 15) is 9.59 Å². The van der Waals surface area contributed by atoms with Crippen LogP contribution in [0.1, 0.15) is 24.2 Å². The highest BCUT2D eigenvalue weighted by atomic mass is 32.1. The molecule has 0 fully saturated rings. The highest BCUT2D eigenvalue weighted by Gasteiger charge is 2.05. The van der Waals surface area contributed by atoms with Crippen LogP contribution in [0.5, 0.6) is 0 Å². The van der Waals surface area contributed by atoms with Crippen molar-refractivity contribution in [2.75, 3.05) is 11.9 Å². The molecule has 19 heavy (non-hydrogen) atoms. The van der Waals surface area contributed by atoms with Crippen LogP contribution in [0.25, 0.3) is 0 Å². The molecule has 0 bridgehead atoms. The van der Waals surface area contributed by atoms with Crippen LogP contribution in [0.3, 0.4) is 0 Å². The Morgan fingerprint density at radius 1 is 1.21 bits per heavy atom. The van der Waals surface area contributed by atoms with E-state index in [0.717, 1.165) is 0 Å². The van der Waals surface area contributed by atoms with E-state index >= 15 is 0 Å². The second kappa shape index (κ2) is 7.32. The van der Waals surface area contributed by atoms with E-state index in [2.05, 4.69) is 16.2 Å². The second-order valence-corrected chi connectivity index (χ2v) is 3.97. The number of nitrogens with one attached hydrogen (secondary N) is 3. The third-order valence-electron chi connectivity index (χ3n) is 2.01. The molecule has 1 aromatic rings. The summed E-state index contributed by atoms with van der Waals surface area (Å²) in [5.74, 6) is -0.616. The van der Waals surface area contributed by atoms with Crippen molar-refractivity contribution < 1.29 is 14.3 Å². The molecule has 0 radical (unpaired) electrons. The topological polar surface area (TPSA) is 79.5 Å². The lowest BCUT2D eigenvalue weighted by atomic mass is 10.2. The lowest BCUT2D eigenvalue weighted by molar-refractivity contribution is -0.119. The van der Waals surface area contributed by atoms with E-state index in [-0.39, 0.29) is 17.0 Å². The molecule has 0 aliphatic rings.